The van der Waals surface area contributed by atoms with Crippen molar-refractivity contribution in [3.8, 4) is 0 Å². The fourth-order valence-electron chi connectivity index (χ4n) is 1.86. The lowest BCUT2D eigenvalue weighted by atomic mass is 9.90. The molecular weight excluding hydrogens is 228 g/mol. The standard InChI is InChI=1S/C10H12ClN4O/c1-10(2,3)7-5-6(14-15(7)4)8(16)13-9(11)12-5/h1-4H3. The maximum atomic E-state index is 11.6. The van der Waals surface area contributed by atoms with Gasteiger partial charge >= 0.3 is 5.91 Å². The monoisotopic (exact) mass is 239 g/mol. The van der Waals surface area contributed by atoms with Gasteiger partial charge < -0.3 is 0 Å². The molecule has 0 fully saturated rings. The van der Waals surface area contributed by atoms with Crippen molar-refractivity contribution in [2.75, 3.05) is 0 Å². The molecule has 5 nitrogen and oxygen atoms in total. The molecule has 0 N–H and O–H groups in total. The molecule has 0 aromatic carbocycles. The zero-order valence-electron chi connectivity index (χ0n) is 9.58. The van der Waals surface area contributed by atoms with E-state index in [1.54, 1.807) is 11.7 Å². The molecule has 85 valence electrons. The first-order valence-corrected chi connectivity index (χ1v) is 5.26. The van der Waals surface area contributed by atoms with Gasteiger partial charge in [-0.25, -0.2) is 4.99 Å². The Hall–Kier alpha value is -1.36. The molecule has 0 saturated heterocycles. The molecule has 1 amide bonds. The van der Waals surface area contributed by atoms with Crippen molar-refractivity contribution >= 4 is 28.5 Å². The van der Waals surface area contributed by atoms with Crippen molar-refractivity contribution in [3.05, 3.63) is 11.4 Å². The minimum Gasteiger partial charge on any atom is -0.269 e. The van der Waals surface area contributed by atoms with Crippen LogP contribution in [0.15, 0.2) is 4.99 Å². The lowest BCUT2D eigenvalue weighted by Gasteiger charge is -2.20. The molecule has 1 radical (unpaired) electrons. The summed E-state index contributed by atoms with van der Waals surface area (Å²) < 4.78 is 1.66. The molecule has 0 bridgehead atoms. The molecule has 0 saturated carbocycles. The number of aliphatic imine (C=N–C) groups is 1. The summed E-state index contributed by atoms with van der Waals surface area (Å²) in [7, 11) is 1.79. The maximum absolute atomic E-state index is 11.6. The van der Waals surface area contributed by atoms with Crippen LogP contribution in [0.3, 0.4) is 0 Å². The second-order valence-electron chi connectivity index (χ2n) is 4.72. The van der Waals surface area contributed by atoms with E-state index >= 15 is 0 Å². The third kappa shape index (κ3) is 1.61. The molecule has 1 aromatic heterocycles. The molecular formula is C10H12ClN4O. The number of carbonyl (C=O) groups excluding carboxylic acids is 1. The fraction of sp³-hybridized carbons (Fsp3) is 0.500. The highest BCUT2D eigenvalue weighted by atomic mass is 35.5. The molecule has 1 aliphatic rings. The topological polar surface area (TPSA) is 61.4 Å². The van der Waals surface area contributed by atoms with Gasteiger partial charge in [0.1, 0.15) is 5.69 Å². The van der Waals surface area contributed by atoms with Gasteiger partial charge in [-0.05, 0) is 11.6 Å². The van der Waals surface area contributed by atoms with E-state index in [4.69, 9.17) is 11.6 Å². The molecule has 2 rings (SSSR count). The van der Waals surface area contributed by atoms with Crippen LogP contribution in [-0.2, 0) is 12.5 Å². The number of carbonyl (C=O) groups is 1. The number of rotatable bonds is 0. The van der Waals surface area contributed by atoms with Crippen LogP contribution < -0.4 is 5.32 Å². The third-order valence-electron chi connectivity index (χ3n) is 2.33. The minimum atomic E-state index is -0.430. The van der Waals surface area contributed by atoms with Crippen molar-refractivity contribution in [1.29, 1.82) is 0 Å². The van der Waals surface area contributed by atoms with E-state index in [0.717, 1.165) is 5.69 Å². The number of halogens is 1. The first-order valence-electron chi connectivity index (χ1n) is 4.88. The van der Waals surface area contributed by atoms with Crippen LogP contribution >= 0.6 is 11.6 Å². The van der Waals surface area contributed by atoms with E-state index in [0.29, 0.717) is 5.69 Å². The van der Waals surface area contributed by atoms with E-state index in [1.807, 2.05) is 20.8 Å². The van der Waals surface area contributed by atoms with E-state index < -0.39 is 5.91 Å². The van der Waals surface area contributed by atoms with Crippen LogP contribution in [-0.4, -0.2) is 21.0 Å². The summed E-state index contributed by atoms with van der Waals surface area (Å²) in [4.78, 5) is 15.7. The lowest BCUT2D eigenvalue weighted by molar-refractivity contribution is 0.0968. The molecule has 2 heterocycles. The number of nitrogens with zero attached hydrogens (tertiary/aromatic N) is 4. The number of aromatic nitrogens is 2. The molecule has 0 aliphatic carbocycles. The van der Waals surface area contributed by atoms with Gasteiger partial charge in [-0.15, -0.1) is 0 Å². The molecule has 0 unspecified atom stereocenters. The van der Waals surface area contributed by atoms with E-state index in [1.165, 1.54) is 0 Å². The Bertz CT molecular complexity index is 496. The Kier molecular flexibility index (Phi) is 2.31. The minimum absolute atomic E-state index is 0.0315. The van der Waals surface area contributed by atoms with Crippen LogP contribution in [0, 0.1) is 0 Å². The van der Waals surface area contributed by atoms with Crippen molar-refractivity contribution in [3.63, 3.8) is 0 Å². The van der Waals surface area contributed by atoms with Crippen LogP contribution in [0.5, 0.6) is 0 Å². The second-order valence-corrected chi connectivity index (χ2v) is 5.06. The number of aryl methyl sites for hydroxylation is 1. The quantitative estimate of drug-likeness (QED) is 0.647. The summed E-state index contributed by atoms with van der Waals surface area (Å²) in [5.74, 6) is -0.430. The number of amides is 1. The van der Waals surface area contributed by atoms with E-state index in [9.17, 15) is 4.79 Å². The number of hydrogen-bond donors (Lipinski definition) is 0. The summed E-state index contributed by atoms with van der Waals surface area (Å²) in [6.45, 7) is 6.10. The molecule has 16 heavy (non-hydrogen) atoms. The maximum Gasteiger partial charge on any atom is 0.302 e. The Balaban J connectivity index is 2.72. The molecule has 6 heteroatoms. The second kappa shape index (κ2) is 3.31. The summed E-state index contributed by atoms with van der Waals surface area (Å²) in [6, 6.07) is 0. The van der Waals surface area contributed by atoms with Crippen LogP contribution in [0.1, 0.15) is 37.0 Å². The summed E-state index contributed by atoms with van der Waals surface area (Å²) in [6.07, 6.45) is 0. The molecule has 1 aliphatic heterocycles. The van der Waals surface area contributed by atoms with E-state index in [2.05, 4.69) is 15.4 Å². The summed E-state index contributed by atoms with van der Waals surface area (Å²) >= 11 is 5.70. The predicted octanol–water partition coefficient (Wildman–Crippen LogP) is 1.70. The van der Waals surface area contributed by atoms with Gasteiger partial charge in [-0.1, -0.05) is 20.8 Å². The van der Waals surface area contributed by atoms with Crippen molar-refractivity contribution in [1.82, 2.24) is 15.1 Å². The highest BCUT2D eigenvalue weighted by Crippen LogP contribution is 2.35. The fourth-order valence-corrected chi connectivity index (χ4v) is 2.02. The van der Waals surface area contributed by atoms with Crippen molar-refractivity contribution in [2.45, 2.75) is 26.2 Å². The van der Waals surface area contributed by atoms with E-state index in [-0.39, 0.29) is 16.4 Å². The summed E-state index contributed by atoms with van der Waals surface area (Å²) in [5, 5.41) is 7.67. The van der Waals surface area contributed by atoms with Gasteiger partial charge in [0, 0.05) is 12.5 Å². The summed E-state index contributed by atoms with van der Waals surface area (Å²) in [5.41, 5.74) is 1.54. The number of hydrogen-bond acceptors (Lipinski definition) is 3. The number of fused-ring (bicyclic) bond motifs is 1. The average molecular weight is 240 g/mol. The smallest absolute Gasteiger partial charge is 0.269 e. The highest BCUT2D eigenvalue weighted by Gasteiger charge is 2.32. The van der Waals surface area contributed by atoms with Crippen LogP contribution in [0.25, 0.3) is 0 Å². The zero-order valence-corrected chi connectivity index (χ0v) is 10.3. The first kappa shape index (κ1) is 11.1. The first-order chi connectivity index (χ1) is 7.30. The van der Waals surface area contributed by atoms with Gasteiger partial charge in [-0.3, -0.25) is 9.48 Å². The lowest BCUT2D eigenvalue weighted by Crippen LogP contribution is -2.23. The Morgan fingerprint density at radius 2 is 1.94 bits per heavy atom. The van der Waals surface area contributed by atoms with Crippen LogP contribution in [0.4, 0.5) is 5.69 Å². The number of amidine groups is 1. The average Bonchev–Trinajstić information content (AvgIpc) is 2.40. The Morgan fingerprint density at radius 3 is 2.50 bits per heavy atom. The van der Waals surface area contributed by atoms with Crippen molar-refractivity contribution < 1.29 is 4.79 Å². The zero-order chi connectivity index (χ0) is 12.1. The molecule has 0 spiro atoms. The normalized spacial score (nSPS) is 15.6. The van der Waals surface area contributed by atoms with Crippen LogP contribution in [0.2, 0.25) is 0 Å². The predicted molar refractivity (Wildman–Crippen MR) is 61.3 cm³/mol. The molecule has 0 atom stereocenters. The van der Waals surface area contributed by atoms with Crippen molar-refractivity contribution in [2.24, 2.45) is 12.0 Å². The highest BCUT2D eigenvalue weighted by molar-refractivity contribution is 6.66. The third-order valence-corrected chi connectivity index (χ3v) is 2.50. The van der Waals surface area contributed by atoms with Gasteiger partial charge in [0.25, 0.3) is 0 Å². The SMILES string of the molecule is Cn1nc2c(c1C(C)(C)C)N=C(Cl)[N]C2=O. The van der Waals surface area contributed by atoms with Gasteiger partial charge in [0.05, 0.1) is 5.69 Å². The van der Waals surface area contributed by atoms with Gasteiger partial charge in [0.2, 0.25) is 5.29 Å². The largest absolute Gasteiger partial charge is 0.302 e. The van der Waals surface area contributed by atoms with Gasteiger partial charge in [-0.2, -0.15) is 10.4 Å². The van der Waals surface area contributed by atoms with Gasteiger partial charge in [0.15, 0.2) is 5.69 Å². The Labute approximate surface area is 98.5 Å². The molecule has 1 aromatic rings. The Morgan fingerprint density at radius 1 is 1.31 bits per heavy atom.